The maximum Gasteiger partial charge on any atom is 0.185 e. The number of thiazole rings is 1. The Morgan fingerprint density at radius 2 is 2.04 bits per heavy atom. The van der Waals surface area contributed by atoms with Gasteiger partial charge in [0.15, 0.2) is 16.7 Å². The van der Waals surface area contributed by atoms with Gasteiger partial charge in [0.1, 0.15) is 0 Å². The zero-order chi connectivity index (χ0) is 19.5. The molecule has 1 aliphatic rings. The van der Waals surface area contributed by atoms with E-state index in [1.807, 2.05) is 23.7 Å². The lowest BCUT2D eigenvalue weighted by Crippen LogP contribution is -2.30. The summed E-state index contributed by atoms with van der Waals surface area (Å²) in [7, 11) is 0. The van der Waals surface area contributed by atoms with Crippen LogP contribution in [0.2, 0.25) is 0 Å². The van der Waals surface area contributed by atoms with Crippen molar-refractivity contribution in [1.29, 1.82) is 0 Å². The van der Waals surface area contributed by atoms with Crippen LogP contribution in [-0.4, -0.2) is 28.8 Å². The molecule has 0 aliphatic carbocycles. The highest BCUT2D eigenvalue weighted by molar-refractivity contribution is 7.13. The topological polar surface area (TPSA) is 46.1 Å². The first-order valence-electron chi connectivity index (χ1n) is 9.17. The molecule has 4 nitrogen and oxygen atoms in total. The van der Waals surface area contributed by atoms with Crippen LogP contribution in [-0.2, 0) is 6.42 Å². The predicted molar refractivity (Wildman–Crippen MR) is 110 cm³/mol. The minimum atomic E-state index is -0.575. The Hall–Kier alpha value is -2.86. The SMILES string of the molecule is CC1=C(c2ccc(CC(=O)c3ccncc3F)cc2)CN(c2nccs2)CC1. The molecular weight excluding hydrogens is 373 g/mol. The second kappa shape index (κ2) is 8.02. The fourth-order valence-corrected chi connectivity index (χ4v) is 4.11. The average Bonchev–Trinajstić information content (AvgIpc) is 3.24. The van der Waals surface area contributed by atoms with Crippen LogP contribution in [0.15, 0.2) is 59.9 Å². The summed E-state index contributed by atoms with van der Waals surface area (Å²) in [5, 5.41) is 3.05. The smallest absolute Gasteiger partial charge is 0.185 e. The number of hydrogen-bond donors (Lipinski definition) is 0. The van der Waals surface area contributed by atoms with Gasteiger partial charge in [0.25, 0.3) is 0 Å². The third-order valence-corrected chi connectivity index (χ3v) is 5.88. The molecular formula is C22H20FN3OS. The number of hydrogen-bond acceptors (Lipinski definition) is 5. The van der Waals surface area contributed by atoms with Gasteiger partial charge in [-0.2, -0.15) is 0 Å². The van der Waals surface area contributed by atoms with Gasteiger partial charge >= 0.3 is 0 Å². The second-order valence-corrected chi connectivity index (χ2v) is 7.77. The summed E-state index contributed by atoms with van der Waals surface area (Å²) in [4.78, 5) is 22.8. The van der Waals surface area contributed by atoms with E-state index >= 15 is 0 Å². The number of ketones is 1. The number of nitrogens with zero attached hydrogens (tertiary/aromatic N) is 3. The van der Waals surface area contributed by atoms with Crippen LogP contribution in [0.25, 0.3) is 5.57 Å². The van der Waals surface area contributed by atoms with E-state index in [1.165, 1.54) is 23.4 Å². The van der Waals surface area contributed by atoms with Crippen LogP contribution >= 0.6 is 11.3 Å². The van der Waals surface area contributed by atoms with Crippen molar-refractivity contribution >= 4 is 27.8 Å². The number of rotatable bonds is 5. The molecule has 142 valence electrons. The van der Waals surface area contributed by atoms with Gasteiger partial charge in [0.2, 0.25) is 0 Å². The van der Waals surface area contributed by atoms with Crippen LogP contribution in [0, 0.1) is 5.82 Å². The summed E-state index contributed by atoms with van der Waals surface area (Å²) in [5.41, 5.74) is 4.81. The molecule has 0 bridgehead atoms. The Bertz CT molecular complexity index is 1010. The van der Waals surface area contributed by atoms with Crippen LogP contribution in [0.4, 0.5) is 9.52 Å². The van der Waals surface area contributed by atoms with Gasteiger partial charge in [-0.1, -0.05) is 29.8 Å². The van der Waals surface area contributed by atoms with Crippen LogP contribution in [0.3, 0.4) is 0 Å². The van der Waals surface area contributed by atoms with E-state index in [9.17, 15) is 9.18 Å². The second-order valence-electron chi connectivity index (χ2n) is 6.90. The van der Waals surface area contributed by atoms with Crippen LogP contribution in [0.1, 0.15) is 34.8 Å². The maximum atomic E-state index is 13.7. The van der Waals surface area contributed by atoms with Gasteiger partial charge in [-0.05, 0) is 36.1 Å². The molecule has 0 atom stereocenters. The molecule has 0 saturated heterocycles. The van der Waals surface area contributed by atoms with Crippen LogP contribution in [0.5, 0.6) is 0 Å². The molecule has 0 saturated carbocycles. The standard InChI is InChI=1S/C22H20FN3OS/c1-15-7-10-26(22-25-9-11-28-22)14-19(15)17-4-2-16(3-5-17)12-21(27)18-6-8-24-13-20(18)23/h2-6,8-9,11,13H,7,10,12,14H2,1H3. The predicted octanol–water partition coefficient (Wildman–Crippen LogP) is 4.79. The van der Waals surface area contributed by atoms with Crippen molar-refractivity contribution in [3.05, 3.63) is 82.4 Å². The Balaban J connectivity index is 1.50. The van der Waals surface area contributed by atoms with E-state index < -0.39 is 5.82 Å². The van der Waals surface area contributed by atoms with Crippen molar-refractivity contribution in [3.8, 4) is 0 Å². The number of benzene rings is 1. The highest BCUT2D eigenvalue weighted by Crippen LogP contribution is 2.30. The fraction of sp³-hybridized carbons (Fsp3) is 0.227. The number of halogens is 1. The molecule has 4 rings (SSSR count). The van der Waals surface area contributed by atoms with Crippen molar-refractivity contribution in [2.45, 2.75) is 19.8 Å². The van der Waals surface area contributed by atoms with E-state index in [1.54, 1.807) is 11.3 Å². The fourth-order valence-electron chi connectivity index (χ4n) is 3.44. The largest absolute Gasteiger partial charge is 0.343 e. The van der Waals surface area contributed by atoms with Gasteiger partial charge in [0.05, 0.1) is 11.8 Å². The van der Waals surface area contributed by atoms with E-state index in [-0.39, 0.29) is 17.8 Å². The zero-order valence-electron chi connectivity index (χ0n) is 15.6. The molecule has 1 aliphatic heterocycles. The van der Waals surface area contributed by atoms with Gasteiger partial charge in [-0.15, -0.1) is 11.3 Å². The van der Waals surface area contributed by atoms with E-state index in [0.717, 1.165) is 42.0 Å². The van der Waals surface area contributed by atoms with E-state index in [2.05, 4.69) is 33.9 Å². The molecule has 0 radical (unpaired) electrons. The normalized spacial score (nSPS) is 14.4. The lowest BCUT2D eigenvalue weighted by molar-refractivity contribution is 0.0989. The Labute approximate surface area is 167 Å². The number of pyridine rings is 1. The van der Waals surface area contributed by atoms with Crippen molar-refractivity contribution < 1.29 is 9.18 Å². The third-order valence-electron chi connectivity index (χ3n) is 5.05. The molecule has 0 fully saturated rings. The minimum absolute atomic E-state index is 0.0870. The van der Waals surface area contributed by atoms with E-state index in [0.29, 0.717) is 0 Å². The molecule has 2 aromatic heterocycles. The highest BCUT2D eigenvalue weighted by Gasteiger charge is 2.20. The van der Waals surface area contributed by atoms with Gasteiger partial charge < -0.3 is 4.90 Å². The molecule has 0 amide bonds. The molecule has 0 spiro atoms. The highest BCUT2D eigenvalue weighted by atomic mass is 32.1. The van der Waals surface area contributed by atoms with Gasteiger partial charge in [-0.25, -0.2) is 9.37 Å². The van der Waals surface area contributed by atoms with E-state index in [4.69, 9.17) is 0 Å². The zero-order valence-corrected chi connectivity index (χ0v) is 16.4. The van der Waals surface area contributed by atoms with Crippen molar-refractivity contribution in [2.24, 2.45) is 0 Å². The molecule has 0 N–H and O–H groups in total. The Morgan fingerprint density at radius 1 is 1.21 bits per heavy atom. The van der Waals surface area contributed by atoms with Crippen molar-refractivity contribution in [1.82, 2.24) is 9.97 Å². The first-order chi connectivity index (χ1) is 13.6. The molecule has 28 heavy (non-hydrogen) atoms. The quantitative estimate of drug-likeness (QED) is 0.585. The third kappa shape index (κ3) is 3.87. The Kier molecular flexibility index (Phi) is 5.30. The van der Waals surface area contributed by atoms with Gasteiger partial charge in [0, 0.05) is 37.3 Å². The van der Waals surface area contributed by atoms with Gasteiger partial charge in [-0.3, -0.25) is 9.78 Å². The number of carbonyl (C=O) groups is 1. The van der Waals surface area contributed by atoms with Crippen molar-refractivity contribution in [2.75, 3.05) is 18.0 Å². The summed E-state index contributed by atoms with van der Waals surface area (Å²) in [6.45, 7) is 3.99. The van der Waals surface area contributed by atoms with Crippen LogP contribution < -0.4 is 4.90 Å². The summed E-state index contributed by atoms with van der Waals surface area (Å²) in [5.74, 6) is -0.815. The number of anilines is 1. The maximum absolute atomic E-state index is 13.7. The summed E-state index contributed by atoms with van der Waals surface area (Å²) in [6.07, 6.45) is 5.53. The number of Topliss-reactive ketones (excluding diaryl/α,β-unsaturated/α-hetero) is 1. The lowest BCUT2D eigenvalue weighted by atomic mass is 9.93. The lowest BCUT2D eigenvalue weighted by Gasteiger charge is -2.30. The summed E-state index contributed by atoms with van der Waals surface area (Å²) in [6, 6.07) is 9.44. The Morgan fingerprint density at radius 3 is 2.75 bits per heavy atom. The van der Waals surface area contributed by atoms with Crippen molar-refractivity contribution in [3.63, 3.8) is 0 Å². The number of aromatic nitrogens is 2. The first-order valence-corrected chi connectivity index (χ1v) is 10.0. The first kappa shape index (κ1) is 18.5. The average molecular weight is 393 g/mol. The summed E-state index contributed by atoms with van der Waals surface area (Å²) >= 11 is 1.66. The molecule has 3 aromatic rings. The summed E-state index contributed by atoms with van der Waals surface area (Å²) < 4.78 is 13.7. The minimum Gasteiger partial charge on any atom is -0.343 e. The molecule has 6 heteroatoms. The monoisotopic (exact) mass is 393 g/mol. The molecule has 3 heterocycles. The number of carbonyl (C=O) groups excluding carboxylic acids is 1. The molecule has 0 unspecified atom stereocenters. The molecule has 1 aromatic carbocycles.